The van der Waals surface area contributed by atoms with Gasteiger partial charge in [-0.3, -0.25) is 0 Å². The lowest BCUT2D eigenvalue weighted by Gasteiger charge is -2.43. The van der Waals surface area contributed by atoms with E-state index in [4.69, 9.17) is 5.26 Å². The number of hydrogen-bond acceptors (Lipinski definition) is 2. The van der Waals surface area contributed by atoms with Gasteiger partial charge in [0.05, 0.1) is 11.6 Å². The molecule has 0 bridgehead atoms. The van der Waals surface area contributed by atoms with Crippen LogP contribution in [0.2, 0.25) is 0 Å². The van der Waals surface area contributed by atoms with Gasteiger partial charge in [0.2, 0.25) is 0 Å². The second-order valence-electron chi connectivity index (χ2n) is 4.45. The van der Waals surface area contributed by atoms with Gasteiger partial charge in [-0.25, -0.2) is 0 Å². The summed E-state index contributed by atoms with van der Waals surface area (Å²) >= 11 is 3.43. The normalized spacial score (nSPS) is 17.3. The van der Waals surface area contributed by atoms with Crippen LogP contribution in [0.1, 0.15) is 38.2 Å². The Balaban J connectivity index is 2.21. The maximum Gasteiger partial charge on any atom is 0.0992 e. The van der Waals surface area contributed by atoms with Crippen LogP contribution in [0.25, 0.3) is 0 Å². The van der Waals surface area contributed by atoms with Crippen molar-refractivity contribution in [3.63, 3.8) is 0 Å². The van der Waals surface area contributed by atoms with Crippen LogP contribution in [-0.2, 0) is 0 Å². The molecule has 0 spiro atoms. The highest BCUT2D eigenvalue weighted by Crippen LogP contribution is 2.38. The lowest BCUT2D eigenvalue weighted by atomic mass is 9.74. The monoisotopic (exact) mass is 278 g/mol. The molecule has 16 heavy (non-hydrogen) atoms. The van der Waals surface area contributed by atoms with Gasteiger partial charge >= 0.3 is 0 Å². The molecule has 1 fully saturated rings. The van der Waals surface area contributed by atoms with Gasteiger partial charge in [-0.1, -0.05) is 22.9 Å². The molecule has 3 heteroatoms. The highest BCUT2D eigenvalue weighted by Gasteiger charge is 2.34. The molecule has 0 radical (unpaired) electrons. The summed E-state index contributed by atoms with van der Waals surface area (Å²) in [6.45, 7) is 2.22. The zero-order valence-corrected chi connectivity index (χ0v) is 11.0. The van der Waals surface area contributed by atoms with E-state index in [0.717, 1.165) is 16.6 Å². The van der Waals surface area contributed by atoms with E-state index in [2.05, 4.69) is 34.2 Å². The minimum atomic E-state index is 0.271. The Morgan fingerprint density at radius 3 is 2.69 bits per heavy atom. The van der Waals surface area contributed by atoms with Crippen molar-refractivity contribution in [3.05, 3.63) is 28.2 Å². The Morgan fingerprint density at radius 1 is 1.44 bits per heavy atom. The molecular weight excluding hydrogens is 264 g/mol. The van der Waals surface area contributed by atoms with Gasteiger partial charge < -0.3 is 5.32 Å². The van der Waals surface area contributed by atoms with E-state index in [0.29, 0.717) is 5.56 Å². The first-order valence-electron chi connectivity index (χ1n) is 5.66. The summed E-state index contributed by atoms with van der Waals surface area (Å²) in [5, 5.41) is 12.5. The zero-order chi connectivity index (χ0) is 11.6. The third-order valence-electron chi connectivity index (χ3n) is 3.42. The van der Waals surface area contributed by atoms with Gasteiger partial charge in [-0.2, -0.15) is 5.26 Å². The fraction of sp³-hybridized carbons (Fsp3) is 0.462. The molecule has 84 valence electrons. The second kappa shape index (κ2) is 4.47. The molecule has 1 saturated carbocycles. The number of hydrogen-bond donors (Lipinski definition) is 1. The summed E-state index contributed by atoms with van der Waals surface area (Å²) in [6, 6.07) is 7.97. The summed E-state index contributed by atoms with van der Waals surface area (Å²) in [5.74, 6) is 0. The molecule has 1 aliphatic carbocycles. The smallest absolute Gasteiger partial charge is 0.0992 e. The molecule has 0 atom stereocenters. The third-order valence-corrected chi connectivity index (χ3v) is 3.88. The fourth-order valence-electron chi connectivity index (χ4n) is 2.20. The first kappa shape index (κ1) is 11.5. The van der Waals surface area contributed by atoms with Crippen molar-refractivity contribution < 1.29 is 0 Å². The molecule has 1 aromatic rings. The van der Waals surface area contributed by atoms with E-state index in [1.807, 2.05) is 18.2 Å². The van der Waals surface area contributed by atoms with Gasteiger partial charge in [0, 0.05) is 15.7 Å². The lowest BCUT2D eigenvalue weighted by molar-refractivity contribution is 0.269. The van der Waals surface area contributed by atoms with Crippen molar-refractivity contribution in [2.75, 3.05) is 5.32 Å². The van der Waals surface area contributed by atoms with Crippen molar-refractivity contribution in [1.29, 1.82) is 5.26 Å². The van der Waals surface area contributed by atoms with Crippen LogP contribution < -0.4 is 5.32 Å². The molecule has 0 amide bonds. The summed E-state index contributed by atoms with van der Waals surface area (Å²) in [6.07, 6.45) is 4.91. The largest absolute Gasteiger partial charge is 0.380 e. The van der Waals surface area contributed by atoms with E-state index in [1.54, 1.807) is 0 Å². The number of nitriles is 1. The molecule has 1 aromatic carbocycles. The minimum Gasteiger partial charge on any atom is -0.380 e. The van der Waals surface area contributed by atoms with Crippen molar-refractivity contribution in [2.45, 2.75) is 38.1 Å². The van der Waals surface area contributed by atoms with Gasteiger partial charge in [0.25, 0.3) is 0 Å². The molecule has 2 rings (SSSR count). The fourth-order valence-corrected chi connectivity index (χ4v) is 2.70. The van der Waals surface area contributed by atoms with E-state index >= 15 is 0 Å². The third kappa shape index (κ3) is 2.22. The number of halogens is 1. The standard InChI is InChI=1S/C13H15BrN2/c1-2-13(4-3-5-13)16-12-7-10(9-15)6-11(14)8-12/h6-8,16H,2-5H2,1H3. The molecule has 0 aliphatic heterocycles. The number of anilines is 1. The maximum atomic E-state index is 8.91. The minimum absolute atomic E-state index is 0.271. The Labute approximate surface area is 105 Å². The van der Waals surface area contributed by atoms with E-state index in [9.17, 15) is 0 Å². The number of nitrogens with zero attached hydrogens (tertiary/aromatic N) is 1. The topological polar surface area (TPSA) is 35.8 Å². The lowest BCUT2D eigenvalue weighted by Crippen LogP contribution is -2.44. The molecule has 0 unspecified atom stereocenters. The molecule has 0 heterocycles. The van der Waals surface area contributed by atoms with E-state index < -0.39 is 0 Å². The molecule has 0 aromatic heterocycles. The molecule has 1 N–H and O–H groups in total. The first-order valence-corrected chi connectivity index (χ1v) is 6.46. The Bertz CT molecular complexity index is 425. The average molecular weight is 279 g/mol. The predicted molar refractivity (Wildman–Crippen MR) is 69.4 cm³/mol. The van der Waals surface area contributed by atoms with Crippen molar-refractivity contribution in [1.82, 2.24) is 0 Å². The van der Waals surface area contributed by atoms with Crippen LogP contribution in [0.15, 0.2) is 22.7 Å². The molecule has 1 aliphatic rings. The first-order chi connectivity index (χ1) is 7.67. The molecular formula is C13H15BrN2. The number of nitrogens with one attached hydrogen (secondary N) is 1. The van der Waals surface area contributed by atoms with Crippen LogP contribution >= 0.6 is 15.9 Å². The predicted octanol–water partition coefficient (Wildman–Crippen LogP) is 4.07. The van der Waals surface area contributed by atoms with Crippen molar-refractivity contribution in [3.8, 4) is 6.07 Å². The highest BCUT2D eigenvalue weighted by atomic mass is 79.9. The number of rotatable bonds is 3. The number of benzene rings is 1. The van der Waals surface area contributed by atoms with Gasteiger partial charge in [0.15, 0.2) is 0 Å². The average Bonchev–Trinajstić information content (AvgIpc) is 2.22. The Kier molecular flexibility index (Phi) is 3.20. The van der Waals surface area contributed by atoms with Crippen LogP contribution in [-0.4, -0.2) is 5.54 Å². The van der Waals surface area contributed by atoms with Crippen LogP contribution in [0, 0.1) is 11.3 Å². The van der Waals surface area contributed by atoms with E-state index in [-0.39, 0.29) is 5.54 Å². The van der Waals surface area contributed by atoms with Crippen molar-refractivity contribution >= 4 is 21.6 Å². The van der Waals surface area contributed by atoms with Crippen LogP contribution in [0.3, 0.4) is 0 Å². The maximum absolute atomic E-state index is 8.91. The van der Waals surface area contributed by atoms with Crippen LogP contribution in [0.4, 0.5) is 5.69 Å². The summed E-state index contributed by atoms with van der Waals surface area (Å²) in [5.41, 5.74) is 2.02. The molecule has 0 saturated heterocycles. The summed E-state index contributed by atoms with van der Waals surface area (Å²) in [4.78, 5) is 0. The summed E-state index contributed by atoms with van der Waals surface area (Å²) < 4.78 is 0.958. The Hall–Kier alpha value is -1.01. The highest BCUT2D eigenvalue weighted by molar-refractivity contribution is 9.10. The van der Waals surface area contributed by atoms with Crippen molar-refractivity contribution in [2.24, 2.45) is 0 Å². The second-order valence-corrected chi connectivity index (χ2v) is 5.37. The van der Waals surface area contributed by atoms with Gasteiger partial charge in [0.1, 0.15) is 0 Å². The quantitative estimate of drug-likeness (QED) is 0.905. The summed E-state index contributed by atoms with van der Waals surface area (Å²) in [7, 11) is 0. The van der Waals surface area contributed by atoms with E-state index in [1.165, 1.54) is 19.3 Å². The Morgan fingerprint density at radius 2 is 2.19 bits per heavy atom. The van der Waals surface area contributed by atoms with Gasteiger partial charge in [-0.15, -0.1) is 0 Å². The zero-order valence-electron chi connectivity index (χ0n) is 9.39. The van der Waals surface area contributed by atoms with Crippen LogP contribution in [0.5, 0.6) is 0 Å². The molecule has 2 nitrogen and oxygen atoms in total. The van der Waals surface area contributed by atoms with Gasteiger partial charge in [-0.05, 0) is 43.9 Å². The SMILES string of the molecule is CCC1(Nc2cc(Br)cc(C#N)c2)CCC1.